The van der Waals surface area contributed by atoms with E-state index in [-0.39, 0.29) is 18.0 Å². The molecule has 4 heteroatoms. The van der Waals surface area contributed by atoms with E-state index < -0.39 is 0 Å². The van der Waals surface area contributed by atoms with Crippen LogP contribution in [0.15, 0.2) is 97.1 Å². The molecule has 4 nitrogen and oxygen atoms in total. The summed E-state index contributed by atoms with van der Waals surface area (Å²) < 4.78 is 11.1. The van der Waals surface area contributed by atoms with Crippen LogP contribution in [0.25, 0.3) is 0 Å². The molecule has 0 bridgehead atoms. The van der Waals surface area contributed by atoms with Crippen molar-refractivity contribution in [2.24, 2.45) is 0 Å². The van der Waals surface area contributed by atoms with Gasteiger partial charge in [-0.25, -0.2) is 0 Å². The second-order valence-electron chi connectivity index (χ2n) is 8.18. The molecule has 0 saturated heterocycles. The minimum atomic E-state index is -0.208. The van der Waals surface area contributed by atoms with Crippen molar-refractivity contribution in [3.63, 3.8) is 0 Å². The van der Waals surface area contributed by atoms with E-state index >= 15 is 0 Å². The summed E-state index contributed by atoms with van der Waals surface area (Å²) in [4.78, 5) is 24.9. The lowest BCUT2D eigenvalue weighted by Gasteiger charge is -2.08. The molecule has 0 aliphatic rings. The van der Waals surface area contributed by atoms with Crippen LogP contribution >= 0.6 is 0 Å². The molecule has 0 unspecified atom stereocenters. The predicted molar refractivity (Wildman–Crippen MR) is 133 cm³/mol. The van der Waals surface area contributed by atoms with Crippen molar-refractivity contribution in [1.29, 1.82) is 0 Å². The normalized spacial score (nSPS) is 10.5. The molecule has 0 N–H and O–H groups in total. The van der Waals surface area contributed by atoms with Gasteiger partial charge in [0.05, 0.1) is 13.5 Å². The lowest BCUT2D eigenvalue weighted by Crippen LogP contribution is -2.08. The maximum Gasteiger partial charge on any atom is 0.170 e. The summed E-state index contributed by atoms with van der Waals surface area (Å²) in [5, 5.41) is 0. The third-order valence-electron chi connectivity index (χ3n) is 5.60. The van der Waals surface area contributed by atoms with Crippen LogP contribution in [0.3, 0.4) is 0 Å². The number of benzene rings is 4. The Hall–Kier alpha value is -4.18. The van der Waals surface area contributed by atoms with Crippen molar-refractivity contribution < 1.29 is 19.1 Å². The van der Waals surface area contributed by atoms with E-state index in [1.165, 1.54) is 11.1 Å². The maximum absolute atomic E-state index is 12.5. The topological polar surface area (TPSA) is 52.6 Å². The smallest absolute Gasteiger partial charge is 0.170 e. The number of hydrogen-bond donors (Lipinski definition) is 0. The zero-order valence-electron chi connectivity index (χ0n) is 19.3. The number of ketones is 2. The quantitative estimate of drug-likeness (QED) is 0.207. The van der Waals surface area contributed by atoms with Crippen molar-refractivity contribution >= 4 is 11.6 Å². The van der Waals surface area contributed by atoms with Gasteiger partial charge in [-0.15, -0.1) is 0 Å². The van der Waals surface area contributed by atoms with Crippen LogP contribution in [0.2, 0.25) is 0 Å². The third-order valence-corrected chi connectivity index (χ3v) is 5.60. The standard InChI is InChI=1S/C30H26O4/c1-21-3-9-24(10-4-21)29(31)20-30(32)25-11-17-28(18-12-25)34-27-15-7-23(8-16-27)19-22-5-13-26(33-2)14-6-22/h3-18H,19-20H2,1-2H3. The van der Waals surface area contributed by atoms with Gasteiger partial charge in [0.25, 0.3) is 0 Å². The summed E-state index contributed by atoms with van der Waals surface area (Å²) in [7, 11) is 1.66. The van der Waals surface area contributed by atoms with Crippen LogP contribution in [0.4, 0.5) is 0 Å². The molecule has 0 aliphatic heterocycles. The lowest BCUT2D eigenvalue weighted by molar-refractivity contribution is 0.0894. The number of aryl methyl sites for hydroxylation is 1. The van der Waals surface area contributed by atoms with Crippen molar-refractivity contribution in [2.45, 2.75) is 19.8 Å². The average molecular weight is 451 g/mol. The van der Waals surface area contributed by atoms with Gasteiger partial charge in [-0.3, -0.25) is 9.59 Å². The molecule has 34 heavy (non-hydrogen) atoms. The number of ether oxygens (including phenoxy) is 2. The predicted octanol–water partition coefficient (Wildman–Crippen LogP) is 6.84. The van der Waals surface area contributed by atoms with Gasteiger partial charge in [0.2, 0.25) is 0 Å². The van der Waals surface area contributed by atoms with E-state index in [0.717, 1.165) is 17.7 Å². The van der Waals surface area contributed by atoms with E-state index in [2.05, 4.69) is 12.1 Å². The fraction of sp³-hybridized carbons (Fsp3) is 0.133. The molecule has 4 aromatic carbocycles. The second-order valence-corrected chi connectivity index (χ2v) is 8.18. The first kappa shape index (κ1) is 23.0. The van der Waals surface area contributed by atoms with Crippen LogP contribution in [-0.2, 0) is 6.42 Å². The lowest BCUT2D eigenvalue weighted by atomic mass is 10.0. The summed E-state index contributed by atoms with van der Waals surface area (Å²) in [6, 6.07) is 30.1. The Bertz CT molecular complexity index is 1250. The van der Waals surface area contributed by atoms with Gasteiger partial charge in [0.15, 0.2) is 11.6 Å². The number of carbonyl (C=O) groups is 2. The van der Waals surface area contributed by atoms with Gasteiger partial charge < -0.3 is 9.47 Å². The van der Waals surface area contributed by atoms with E-state index in [1.807, 2.05) is 55.5 Å². The zero-order chi connectivity index (χ0) is 23.9. The molecule has 4 aromatic rings. The Morgan fingerprint density at radius 3 is 1.47 bits per heavy atom. The Morgan fingerprint density at radius 2 is 1.00 bits per heavy atom. The number of carbonyl (C=O) groups excluding carboxylic acids is 2. The highest BCUT2D eigenvalue weighted by Crippen LogP contribution is 2.24. The largest absolute Gasteiger partial charge is 0.497 e. The number of rotatable bonds is 9. The second kappa shape index (κ2) is 10.6. The minimum absolute atomic E-state index is 0.154. The molecule has 0 radical (unpaired) electrons. The monoisotopic (exact) mass is 450 g/mol. The van der Waals surface area contributed by atoms with Crippen molar-refractivity contribution in [1.82, 2.24) is 0 Å². The average Bonchev–Trinajstić information content (AvgIpc) is 2.86. The first-order valence-corrected chi connectivity index (χ1v) is 11.1. The first-order valence-electron chi connectivity index (χ1n) is 11.1. The van der Waals surface area contributed by atoms with Gasteiger partial charge in [0, 0.05) is 11.1 Å². The maximum atomic E-state index is 12.5. The van der Waals surface area contributed by atoms with Crippen LogP contribution in [-0.4, -0.2) is 18.7 Å². The molecule has 0 heterocycles. The number of hydrogen-bond acceptors (Lipinski definition) is 4. The molecule has 0 aliphatic carbocycles. The number of Topliss-reactive ketones (excluding diaryl/α,β-unsaturated/α-hetero) is 2. The fourth-order valence-electron chi connectivity index (χ4n) is 3.59. The SMILES string of the molecule is COc1ccc(Cc2ccc(Oc3ccc(C(=O)CC(=O)c4ccc(C)cc4)cc3)cc2)cc1. The molecule has 0 fully saturated rings. The van der Waals surface area contributed by atoms with Crippen molar-refractivity contribution in [3.05, 3.63) is 125 Å². The van der Waals surface area contributed by atoms with Gasteiger partial charge in [0.1, 0.15) is 17.2 Å². The zero-order valence-corrected chi connectivity index (χ0v) is 19.3. The Balaban J connectivity index is 1.33. The third kappa shape index (κ3) is 5.99. The molecule has 4 rings (SSSR count). The molecule has 0 amide bonds. The molecular weight excluding hydrogens is 424 g/mol. The highest BCUT2D eigenvalue weighted by molar-refractivity contribution is 6.13. The Labute approximate surface area is 199 Å². The first-order chi connectivity index (χ1) is 16.5. The van der Waals surface area contributed by atoms with E-state index in [0.29, 0.717) is 22.6 Å². The summed E-state index contributed by atoms with van der Waals surface area (Å²) in [5.74, 6) is 1.80. The van der Waals surface area contributed by atoms with Crippen LogP contribution in [0, 0.1) is 6.92 Å². The van der Waals surface area contributed by atoms with Crippen molar-refractivity contribution in [2.75, 3.05) is 7.11 Å². The van der Waals surface area contributed by atoms with Gasteiger partial charge in [-0.2, -0.15) is 0 Å². The minimum Gasteiger partial charge on any atom is -0.497 e. The molecule has 0 aromatic heterocycles. The fourth-order valence-corrected chi connectivity index (χ4v) is 3.59. The summed E-state index contributed by atoms with van der Waals surface area (Å²) in [6.45, 7) is 1.96. The van der Waals surface area contributed by atoms with E-state index in [9.17, 15) is 9.59 Å². The van der Waals surface area contributed by atoms with E-state index in [1.54, 1.807) is 43.5 Å². The Morgan fingerprint density at radius 1 is 0.588 bits per heavy atom. The van der Waals surface area contributed by atoms with Crippen molar-refractivity contribution in [3.8, 4) is 17.2 Å². The number of methoxy groups -OCH3 is 1. The summed E-state index contributed by atoms with van der Waals surface area (Å²) in [5.41, 5.74) is 4.50. The van der Waals surface area contributed by atoms with Gasteiger partial charge in [-0.05, 0) is 73.0 Å². The van der Waals surface area contributed by atoms with Crippen LogP contribution < -0.4 is 9.47 Å². The molecular formula is C30H26O4. The molecule has 0 atom stereocenters. The van der Waals surface area contributed by atoms with E-state index in [4.69, 9.17) is 9.47 Å². The highest BCUT2D eigenvalue weighted by Gasteiger charge is 2.14. The van der Waals surface area contributed by atoms with Gasteiger partial charge >= 0.3 is 0 Å². The summed E-state index contributed by atoms with van der Waals surface area (Å²) in [6.07, 6.45) is 0.668. The van der Waals surface area contributed by atoms with Crippen LogP contribution in [0.5, 0.6) is 17.2 Å². The summed E-state index contributed by atoms with van der Waals surface area (Å²) >= 11 is 0. The molecule has 0 saturated carbocycles. The molecule has 0 spiro atoms. The highest BCUT2D eigenvalue weighted by atomic mass is 16.5. The Kier molecular flexibility index (Phi) is 7.19. The van der Waals surface area contributed by atoms with Gasteiger partial charge in [-0.1, -0.05) is 54.1 Å². The molecule has 170 valence electrons. The van der Waals surface area contributed by atoms with Crippen LogP contribution in [0.1, 0.15) is 43.8 Å².